The highest BCUT2D eigenvalue weighted by molar-refractivity contribution is 6.04. The third-order valence-corrected chi connectivity index (χ3v) is 2.90. The maximum Gasteiger partial charge on any atom is 0.265 e. The van der Waals surface area contributed by atoms with Gasteiger partial charge in [-0.05, 0) is 32.0 Å². The second kappa shape index (κ2) is 4.79. The van der Waals surface area contributed by atoms with E-state index in [1.807, 2.05) is 6.07 Å². The second-order valence-corrected chi connectivity index (χ2v) is 4.67. The van der Waals surface area contributed by atoms with E-state index in [9.17, 15) is 4.79 Å². The summed E-state index contributed by atoms with van der Waals surface area (Å²) in [6.45, 7) is 3.51. The van der Waals surface area contributed by atoms with Crippen molar-refractivity contribution in [3.05, 3.63) is 23.8 Å². The number of benzene rings is 1. The molecule has 6 heteroatoms. The van der Waals surface area contributed by atoms with Crippen molar-refractivity contribution in [2.75, 3.05) is 14.2 Å². The van der Waals surface area contributed by atoms with Gasteiger partial charge in [0.25, 0.3) is 5.91 Å². The first-order valence-electron chi connectivity index (χ1n) is 5.86. The Balaban J connectivity index is 2.40. The average molecular weight is 263 g/mol. The quantitative estimate of drug-likeness (QED) is 0.848. The van der Waals surface area contributed by atoms with E-state index >= 15 is 0 Å². The molecule has 2 rings (SSSR count). The first kappa shape index (κ1) is 13.2. The summed E-state index contributed by atoms with van der Waals surface area (Å²) in [5.74, 6) is 1.67. The normalized spacial score (nSPS) is 17.1. The molecule has 0 unspecified atom stereocenters. The standard InChI is InChI=1S/C13H17N3O3/c1-13(2)12(17)16-15-11(14-13)8-5-6-9(18-3)10(7-8)19-4/h5-7H,1-4H3,(H,14,15)(H,16,17). The maximum absolute atomic E-state index is 11.6. The van der Waals surface area contributed by atoms with Gasteiger partial charge in [0.05, 0.1) is 14.2 Å². The van der Waals surface area contributed by atoms with Gasteiger partial charge in [0, 0.05) is 5.56 Å². The molecule has 1 heterocycles. The molecule has 1 aromatic carbocycles. The number of hydrogen-bond donors (Lipinski definition) is 2. The largest absolute Gasteiger partial charge is 0.493 e. The highest BCUT2D eigenvalue weighted by atomic mass is 16.5. The first-order chi connectivity index (χ1) is 8.97. The molecular formula is C13H17N3O3. The number of rotatable bonds is 3. The zero-order chi connectivity index (χ0) is 14.0. The SMILES string of the molecule is COc1ccc(C2=NC(C)(C)C(=O)NN2)cc1OC. The molecule has 1 amide bonds. The molecule has 0 radical (unpaired) electrons. The van der Waals surface area contributed by atoms with Crippen molar-refractivity contribution in [2.24, 2.45) is 4.99 Å². The van der Waals surface area contributed by atoms with E-state index in [2.05, 4.69) is 15.8 Å². The Morgan fingerprint density at radius 1 is 1.11 bits per heavy atom. The van der Waals surface area contributed by atoms with Gasteiger partial charge in [-0.15, -0.1) is 0 Å². The Kier molecular flexibility index (Phi) is 3.33. The molecule has 0 atom stereocenters. The summed E-state index contributed by atoms with van der Waals surface area (Å²) >= 11 is 0. The Labute approximate surface area is 111 Å². The smallest absolute Gasteiger partial charge is 0.265 e. The van der Waals surface area contributed by atoms with Gasteiger partial charge in [-0.25, -0.2) is 0 Å². The van der Waals surface area contributed by atoms with Gasteiger partial charge in [0.15, 0.2) is 11.5 Å². The zero-order valence-corrected chi connectivity index (χ0v) is 11.4. The minimum atomic E-state index is -0.798. The van der Waals surface area contributed by atoms with E-state index in [0.29, 0.717) is 17.3 Å². The zero-order valence-electron chi connectivity index (χ0n) is 11.4. The van der Waals surface area contributed by atoms with E-state index in [0.717, 1.165) is 5.56 Å². The number of amidine groups is 1. The van der Waals surface area contributed by atoms with Crippen LogP contribution in [-0.4, -0.2) is 31.5 Å². The summed E-state index contributed by atoms with van der Waals surface area (Å²) in [7, 11) is 3.15. The molecule has 0 saturated carbocycles. The maximum atomic E-state index is 11.6. The molecule has 2 N–H and O–H groups in total. The fraction of sp³-hybridized carbons (Fsp3) is 0.385. The van der Waals surface area contributed by atoms with Gasteiger partial charge in [0.2, 0.25) is 0 Å². The Bertz CT molecular complexity index is 538. The van der Waals surface area contributed by atoms with E-state index < -0.39 is 5.54 Å². The number of nitrogens with zero attached hydrogens (tertiary/aromatic N) is 1. The lowest BCUT2D eigenvalue weighted by Crippen LogP contribution is -2.55. The molecule has 0 bridgehead atoms. The van der Waals surface area contributed by atoms with Crippen LogP contribution < -0.4 is 20.3 Å². The molecule has 0 aliphatic carbocycles. The number of carbonyl (C=O) groups excluding carboxylic acids is 1. The van der Waals surface area contributed by atoms with Gasteiger partial charge in [-0.1, -0.05) is 0 Å². The Morgan fingerprint density at radius 2 is 1.79 bits per heavy atom. The summed E-state index contributed by atoms with van der Waals surface area (Å²) in [4.78, 5) is 16.0. The summed E-state index contributed by atoms with van der Waals surface area (Å²) in [6.07, 6.45) is 0. The van der Waals surface area contributed by atoms with Crippen molar-refractivity contribution in [3.8, 4) is 11.5 Å². The number of aliphatic imine (C=N–C) groups is 1. The van der Waals surface area contributed by atoms with Gasteiger partial charge in [-0.3, -0.25) is 20.6 Å². The van der Waals surface area contributed by atoms with Crippen LogP contribution in [0.2, 0.25) is 0 Å². The van der Waals surface area contributed by atoms with E-state index in [4.69, 9.17) is 9.47 Å². The predicted octanol–water partition coefficient (Wildman–Crippen LogP) is 0.863. The van der Waals surface area contributed by atoms with Crippen molar-refractivity contribution in [2.45, 2.75) is 19.4 Å². The molecule has 0 spiro atoms. The van der Waals surface area contributed by atoms with Gasteiger partial charge in [-0.2, -0.15) is 0 Å². The molecule has 19 heavy (non-hydrogen) atoms. The highest BCUT2D eigenvalue weighted by Gasteiger charge is 2.31. The fourth-order valence-corrected chi connectivity index (χ4v) is 1.75. The number of hydrogen-bond acceptors (Lipinski definition) is 5. The summed E-state index contributed by atoms with van der Waals surface area (Å²) in [6, 6.07) is 5.45. The monoisotopic (exact) mass is 263 g/mol. The molecule has 0 fully saturated rings. The van der Waals surface area contributed by atoms with Gasteiger partial charge < -0.3 is 9.47 Å². The van der Waals surface area contributed by atoms with Crippen molar-refractivity contribution < 1.29 is 14.3 Å². The lowest BCUT2D eigenvalue weighted by molar-refractivity contribution is -0.126. The number of methoxy groups -OCH3 is 2. The van der Waals surface area contributed by atoms with Gasteiger partial charge in [0.1, 0.15) is 11.4 Å². The number of ether oxygens (including phenoxy) is 2. The molecule has 6 nitrogen and oxygen atoms in total. The Hall–Kier alpha value is -2.24. The van der Waals surface area contributed by atoms with Crippen LogP contribution in [0.1, 0.15) is 19.4 Å². The topological polar surface area (TPSA) is 72.0 Å². The second-order valence-electron chi connectivity index (χ2n) is 4.67. The molecule has 1 aromatic rings. The highest BCUT2D eigenvalue weighted by Crippen LogP contribution is 2.28. The van der Waals surface area contributed by atoms with Crippen LogP contribution in [0, 0.1) is 0 Å². The molecule has 0 aromatic heterocycles. The lowest BCUT2D eigenvalue weighted by atomic mass is 10.0. The fourth-order valence-electron chi connectivity index (χ4n) is 1.75. The number of nitrogens with one attached hydrogen (secondary N) is 2. The van der Waals surface area contributed by atoms with Crippen LogP contribution >= 0.6 is 0 Å². The molecule has 102 valence electrons. The van der Waals surface area contributed by atoms with Crippen LogP contribution in [0.5, 0.6) is 11.5 Å². The molecule has 1 aliphatic rings. The minimum absolute atomic E-state index is 0.170. The average Bonchev–Trinajstić information content (AvgIpc) is 2.41. The number of amides is 1. The number of hydrazine groups is 1. The van der Waals surface area contributed by atoms with Crippen molar-refractivity contribution >= 4 is 11.7 Å². The minimum Gasteiger partial charge on any atom is -0.493 e. The predicted molar refractivity (Wildman–Crippen MR) is 71.4 cm³/mol. The number of carbonyl (C=O) groups is 1. The third-order valence-electron chi connectivity index (χ3n) is 2.90. The van der Waals surface area contributed by atoms with Crippen molar-refractivity contribution in [1.82, 2.24) is 10.9 Å². The summed E-state index contributed by atoms with van der Waals surface area (Å²) < 4.78 is 10.4. The van der Waals surface area contributed by atoms with Gasteiger partial charge >= 0.3 is 0 Å². The van der Waals surface area contributed by atoms with Crippen LogP contribution in [0.4, 0.5) is 0 Å². The summed E-state index contributed by atoms with van der Waals surface area (Å²) in [5, 5.41) is 0. The van der Waals surface area contributed by atoms with Crippen molar-refractivity contribution in [1.29, 1.82) is 0 Å². The lowest BCUT2D eigenvalue weighted by Gasteiger charge is -2.27. The van der Waals surface area contributed by atoms with E-state index in [-0.39, 0.29) is 5.91 Å². The van der Waals surface area contributed by atoms with E-state index in [1.54, 1.807) is 40.2 Å². The summed E-state index contributed by atoms with van der Waals surface area (Å²) in [5.41, 5.74) is 5.39. The van der Waals surface area contributed by atoms with Crippen LogP contribution in [0.3, 0.4) is 0 Å². The van der Waals surface area contributed by atoms with Crippen LogP contribution in [0.15, 0.2) is 23.2 Å². The van der Waals surface area contributed by atoms with Crippen LogP contribution in [-0.2, 0) is 4.79 Å². The Morgan fingerprint density at radius 3 is 2.37 bits per heavy atom. The molecular weight excluding hydrogens is 246 g/mol. The third kappa shape index (κ3) is 2.47. The molecule has 0 saturated heterocycles. The van der Waals surface area contributed by atoms with Crippen LogP contribution in [0.25, 0.3) is 0 Å². The first-order valence-corrected chi connectivity index (χ1v) is 5.86. The molecule has 1 aliphatic heterocycles. The van der Waals surface area contributed by atoms with Crippen molar-refractivity contribution in [3.63, 3.8) is 0 Å². The van der Waals surface area contributed by atoms with E-state index in [1.165, 1.54) is 0 Å².